The van der Waals surface area contributed by atoms with Gasteiger partial charge in [-0.15, -0.1) is 0 Å². The Hall–Kier alpha value is -2.18. The summed E-state index contributed by atoms with van der Waals surface area (Å²) >= 11 is 0. The lowest BCUT2D eigenvalue weighted by molar-refractivity contribution is -0.680. The summed E-state index contributed by atoms with van der Waals surface area (Å²) in [7, 11) is 0. The first-order chi connectivity index (χ1) is 11.3. The zero-order chi connectivity index (χ0) is 16.2. The summed E-state index contributed by atoms with van der Waals surface area (Å²) in [5.74, 6) is 1.47. The maximum atomic E-state index is 9.06. The number of aliphatic hydroxyl groups is 1. The fourth-order valence-electron chi connectivity index (χ4n) is 2.90. The summed E-state index contributed by atoms with van der Waals surface area (Å²) in [6.07, 6.45) is 1.66. The molecule has 0 aliphatic heterocycles. The van der Waals surface area contributed by atoms with Crippen molar-refractivity contribution in [1.82, 2.24) is 9.97 Å². The molecule has 4 N–H and O–H groups in total. The Bertz CT molecular complexity index is 813. The number of aryl methyl sites for hydroxylation is 1. The van der Waals surface area contributed by atoms with Crippen molar-refractivity contribution >= 4 is 27.8 Å². The minimum absolute atomic E-state index is 0.203. The summed E-state index contributed by atoms with van der Waals surface area (Å²) in [4.78, 5) is 7.86. The van der Waals surface area contributed by atoms with Gasteiger partial charge in [0.15, 0.2) is 11.3 Å². The minimum atomic E-state index is 0.203. The van der Waals surface area contributed by atoms with Gasteiger partial charge in [-0.3, -0.25) is 0 Å². The Morgan fingerprint density at radius 1 is 1.30 bits per heavy atom. The van der Waals surface area contributed by atoms with E-state index in [0.717, 1.165) is 47.1 Å². The van der Waals surface area contributed by atoms with E-state index in [1.165, 1.54) is 0 Å². The average Bonchev–Trinajstić information content (AvgIpc) is 2.93. The van der Waals surface area contributed by atoms with E-state index in [0.29, 0.717) is 19.0 Å². The highest BCUT2D eigenvalue weighted by Gasteiger charge is 2.23. The Kier molecular flexibility index (Phi) is 4.73. The normalized spacial score (nSPS) is 11.6. The summed E-state index contributed by atoms with van der Waals surface area (Å²) in [5, 5.41) is 10.1. The van der Waals surface area contributed by atoms with Gasteiger partial charge in [0.1, 0.15) is 6.61 Å². The third kappa shape index (κ3) is 3.00. The Balaban J connectivity index is 2.19. The molecule has 0 bridgehead atoms. The van der Waals surface area contributed by atoms with E-state index in [2.05, 4.69) is 20.6 Å². The van der Waals surface area contributed by atoms with Crippen LogP contribution in [-0.2, 0) is 17.9 Å². The number of pyridine rings is 1. The van der Waals surface area contributed by atoms with Crippen molar-refractivity contribution in [2.75, 3.05) is 18.9 Å². The summed E-state index contributed by atoms with van der Waals surface area (Å²) in [6, 6.07) is 8.00. The van der Waals surface area contributed by atoms with Gasteiger partial charge >= 0.3 is 0 Å². The maximum Gasteiger partial charge on any atom is 0.281 e. The second-order valence-electron chi connectivity index (χ2n) is 5.53. The minimum Gasteiger partial charge on any atom is -0.396 e. The van der Waals surface area contributed by atoms with Crippen LogP contribution in [-0.4, -0.2) is 28.3 Å². The number of H-pyrrole nitrogens is 1. The molecule has 0 aliphatic carbocycles. The fourth-order valence-corrected chi connectivity index (χ4v) is 2.90. The van der Waals surface area contributed by atoms with Crippen molar-refractivity contribution in [2.24, 2.45) is 0 Å². The lowest BCUT2D eigenvalue weighted by atomic mass is 10.2. The Labute approximate surface area is 134 Å². The number of nitrogens with zero attached hydrogens (tertiary/aromatic N) is 2. The van der Waals surface area contributed by atoms with E-state index in [1.807, 2.05) is 25.1 Å². The first-order valence-electron chi connectivity index (χ1n) is 8.03. The molecule has 0 radical (unpaired) electrons. The molecular formula is C17H23N4O2+. The standard InChI is InChI=1S/C17H22N4O2/c1-2-23-11-14-20-15-16(21(14)9-5-6-10-22)12-7-3-4-8-13(12)19-17(15)18/h3-4,7-8,22H,2,5-6,9-11H2,1H3,(H2,18,19)/p+1. The number of anilines is 1. The largest absolute Gasteiger partial charge is 0.396 e. The van der Waals surface area contributed by atoms with Gasteiger partial charge in [-0.2, -0.15) is 0 Å². The van der Waals surface area contributed by atoms with Gasteiger partial charge in [-0.25, -0.2) is 14.5 Å². The number of aliphatic hydroxyl groups excluding tert-OH is 1. The van der Waals surface area contributed by atoms with Crippen molar-refractivity contribution in [1.29, 1.82) is 0 Å². The van der Waals surface area contributed by atoms with E-state index >= 15 is 0 Å². The lowest BCUT2D eigenvalue weighted by Gasteiger charge is -2.04. The second kappa shape index (κ2) is 6.93. The van der Waals surface area contributed by atoms with E-state index in [-0.39, 0.29) is 6.61 Å². The zero-order valence-electron chi connectivity index (χ0n) is 13.4. The molecule has 23 heavy (non-hydrogen) atoms. The third-order valence-electron chi connectivity index (χ3n) is 3.99. The number of nitrogen functional groups attached to an aromatic ring is 1. The molecule has 1 aromatic carbocycles. The predicted octanol–water partition coefficient (Wildman–Crippen LogP) is 1.89. The number of unbranched alkanes of at least 4 members (excludes halogenated alkanes) is 1. The highest BCUT2D eigenvalue weighted by Crippen LogP contribution is 2.25. The molecule has 0 aliphatic rings. The van der Waals surface area contributed by atoms with Gasteiger partial charge in [-0.1, -0.05) is 12.1 Å². The Morgan fingerprint density at radius 2 is 2.13 bits per heavy atom. The number of hydrogen-bond donors (Lipinski definition) is 3. The first-order valence-corrected chi connectivity index (χ1v) is 8.03. The monoisotopic (exact) mass is 315 g/mol. The first kappa shape index (κ1) is 15.7. The van der Waals surface area contributed by atoms with E-state index < -0.39 is 0 Å². The topological polar surface area (TPSA) is 88.0 Å². The molecule has 3 aromatic rings. The number of aromatic amines is 1. The van der Waals surface area contributed by atoms with E-state index in [1.54, 1.807) is 0 Å². The molecule has 2 aromatic heterocycles. The molecule has 0 saturated carbocycles. The van der Waals surface area contributed by atoms with Crippen LogP contribution in [0.25, 0.3) is 21.9 Å². The molecule has 0 atom stereocenters. The molecule has 0 saturated heterocycles. The van der Waals surface area contributed by atoms with E-state index in [9.17, 15) is 0 Å². The van der Waals surface area contributed by atoms with Gasteiger partial charge in [0.05, 0.1) is 17.4 Å². The summed E-state index contributed by atoms with van der Waals surface area (Å²) < 4.78 is 7.79. The lowest BCUT2D eigenvalue weighted by Crippen LogP contribution is -2.37. The number of para-hydroxylation sites is 1. The third-order valence-corrected chi connectivity index (χ3v) is 3.99. The van der Waals surface area contributed by atoms with Gasteiger partial charge in [0, 0.05) is 13.2 Å². The molecule has 122 valence electrons. The van der Waals surface area contributed by atoms with Crippen LogP contribution in [0, 0.1) is 0 Å². The molecule has 0 amide bonds. The molecule has 6 heteroatoms. The average molecular weight is 315 g/mol. The summed E-state index contributed by atoms with van der Waals surface area (Å²) in [5.41, 5.74) is 8.94. The molecule has 0 spiro atoms. The number of aromatic nitrogens is 3. The molecule has 3 rings (SSSR count). The number of ether oxygens (including phenoxy) is 1. The number of nitrogens with two attached hydrogens (primary N) is 1. The van der Waals surface area contributed by atoms with Crippen LogP contribution >= 0.6 is 0 Å². The van der Waals surface area contributed by atoms with E-state index in [4.69, 9.17) is 15.6 Å². The molecular weight excluding hydrogens is 292 g/mol. The SMILES string of the molecule is CCOCc1[nH]c2c(N)nc3ccccc3c2[n+]1CCCCO. The number of benzene rings is 1. The van der Waals surface area contributed by atoms with Crippen LogP contribution in [0.5, 0.6) is 0 Å². The van der Waals surface area contributed by atoms with Crippen LogP contribution in [0.2, 0.25) is 0 Å². The number of rotatable bonds is 7. The van der Waals surface area contributed by atoms with Crippen molar-refractivity contribution in [3.8, 4) is 0 Å². The van der Waals surface area contributed by atoms with Crippen LogP contribution in [0.1, 0.15) is 25.6 Å². The molecule has 0 fully saturated rings. The van der Waals surface area contributed by atoms with Crippen LogP contribution in [0.15, 0.2) is 24.3 Å². The molecule has 6 nitrogen and oxygen atoms in total. The fraction of sp³-hybridized carbons (Fsp3) is 0.412. The van der Waals surface area contributed by atoms with Crippen molar-refractivity contribution in [3.63, 3.8) is 0 Å². The van der Waals surface area contributed by atoms with Gasteiger partial charge in [0.2, 0.25) is 5.52 Å². The number of imidazole rings is 1. The van der Waals surface area contributed by atoms with Crippen molar-refractivity contribution in [2.45, 2.75) is 32.9 Å². The highest BCUT2D eigenvalue weighted by atomic mass is 16.5. The quantitative estimate of drug-likeness (QED) is 0.459. The summed E-state index contributed by atoms with van der Waals surface area (Å²) in [6.45, 7) is 4.13. The van der Waals surface area contributed by atoms with Crippen molar-refractivity contribution < 1.29 is 14.4 Å². The maximum absolute atomic E-state index is 9.06. The van der Waals surface area contributed by atoms with Crippen LogP contribution in [0.4, 0.5) is 5.82 Å². The Morgan fingerprint density at radius 3 is 2.91 bits per heavy atom. The van der Waals surface area contributed by atoms with Crippen LogP contribution in [0.3, 0.4) is 0 Å². The highest BCUT2D eigenvalue weighted by molar-refractivity contribution is 6.04. The van der Waals surface area contributed by atoms with Crippen molar-refractivity contribution in [3.05, 3.63) is 30.1 Å². The number of hydrogen-bond acceptors (Lipinski definition) is 4. The molecule has 2 heterocycles. The zero-order valence-corrected chi connectivity index (χ0v) is 13.4. The molecule has 0 unspecified atom stereocenters. The number of nitrogens with one attached hydrogen (secondary N) is 1. The smallest absolute Gasteiger partial charge is 0.281 e. The van der Waals surface area contributed by atoms with Gasteiger partial charge in [0.25, 0.3) is 5.82 Å². The van der Waals surface area contributed by atoms with Crippen LogP contribution < -0.4 is 10.3 Å². The van der Waals surface area contributed by atoms with Gasteiger partial charge in [-0.05, 0) is 31.9 Å². The number of fused-ring (bicyclic) bond motifs is 3. The van der Waals surface area contributed by atoms with Gasteiger partial charge < -0.3 is 15.6 Å². The predicted molar refractivity (Wildman–Crippen MR) is 89.9 cm³/mol. The second-order valence-corrected chi connectivity index (χ2v) is 5.53.